The largest absolute Gasteiger partial charge is 0.493 e. The lowest BCUT2D eigenvalue weighted by molar-refractivity contribution is 0.311. The van der Waals surface area contributed by atoms with Gasteiger partial charge in [-0.3, -0.25) is 0 Å². The van der Waals surface area contributed by atoms with Gasteiger partial charge in [-0.15, -0.1) is 24.0 Å². The number of guanidine groups is 1. The molecule has 31 heavy (non-hydrogen) atoms. The maximum absolute atomic E-state index is 5.66. The number of hydrogen-bond acceptors (Lipinski definition) is 5. The maximum atomic E-state index is 5.66. The number of benzene rings is 2. The first-order valence-corrected chi connectivity index (χ1v) is 9.98. The van der Waals surface area contributed by atoms with Crippen molar-refractivity contribution in [1.29, 1.82) is 0 Å². The van der Waals surface area contributed by atoms with E-state index in [0.29, 0.717) is 37.2 Å². The number of methoxy groups -OCH3 is 1. The lowest BCUT2D eigenvalue weighted by Crippen LogP contribution is -2.30. The Bertz CT molecular complexity index is 962. The molecule has 0 aliphatic rings. The number of ether oxygens (including phenoxy) is 2. The van der Waals surface area contributed by atoms with Crippen molar-refractivity contribution >= 4 is 35.6 Å². The van der Waals surface area contributed by atoms with E-state index in [4.69, 9.17) is 14.5 Å². The monoisotopic (exact) mass is 536 g/mol. The van der Waals surface area contributed by atoms with E-state index in [9.17, 15) is 0 Å². The molecule has 3 rings (SSSR count). The van der Waals surface area contributed by atoms with Crippen LogP contribution in [0.3, 0.4) is 0 Å². The summed E-state index contributed by atoms with van der Waals surface area (Å²) in [4.78, 5) is 8.71. The number of aromatic nitrogens is 3. The van der Waals surface area contributed by atoms with Gasteiger partial charge < -0.3 is 20.1 Å². The number of hydrogen-bond donors (Lipinski definition) is 2. The number of rotatable bonds is 9. The average molecular weight is 536 g/mol. The second-order valence-electron chi connectivity index (χ2n) is 6.53. The number of nitrogens with zero attached hydrogens (tertiary/aromatic N) is 4. The molecule has 0 aliphatic heterocycles. The quantitative estimate of drug-likeness (QED) is 0.245. The van der Waals surface area contributed by atoms with Crippen molar-refractivity contribution in [3.05, 3.63) is 66.2 Å². The molecule has 0 amide bonds. The molecule has 2 N–H and O–H groups in total. The predicted octanol–water partition coefficient (Wildman–Crippen LogP) is 3.93. The standard InChI is InChI=1S/C22H28N6O2.HI/c1-4-24-22(27-19-9-10-20(29-3)21(12-19)30-5-2)25-13-17-7-6-8-18(11-17)14-28-16-23-15-26-28;/h6-12,15-16H,4-5,13-14H2,1-3H3,(H2,24,25,27);1H. The van der Waals surface area contributed by atoms with Gasteiger partial charge in [0.2, 0.25) is 0 Å². The van der Waals surface area contributed by atoms with E-state index in [2.05, 4.69) is 38.9 Å². The van der Waals surface area contributed by atoms with Crippen molar-refractivity contribution in [3.8, 4) is 11.5 Å². The highest BCUT2D eigenvalue weighted by Crippen LogP contribution is 2.30. The molecule has 0 bridgehead atoms. The number of anilines is 1. The third-order valence-corrected chi connectivity index (χ3v) is 4.29. The Balaban J connectivity index is 0.00000341. The van der Waals surface area contributed by atoms with Crippen LogP contribution in [-0.4, -0.2) is 41.0 Å². The summed E-state index contributed by atoms with van der Waals surface area (Å²) in [7, 11) is 1.63. The molecule has 0 saturated carbocycles. The van der Waals surface area contributed by atoms with Crippen LogP contribution in [0.2, 0.25) is 0 Å². The van der Waals surface area contributed by atoms with Gasteiger partial charge in [0.05, 0.1) is 26.8 Å². The third-order valence-electron chi connectivity index (χ3n) is 4.29. The van der Waals surface area contributed by atoms with Gasteiger partial charge in [0.15, 0.2) is 17.5 Å². The Hall–Kier alpha value is -2.82. The molecule has 1 aromatic heterocycles. The molecule has 0 atom stereocenters. The van der Waals surface area contributed by atoms with Gasteiger partial charge in [0.25, 0.3) is 0 Å². The fraction of sp³-hybridized carbons (Fsp3) is 0.318. The number of aliphatic imine (C=N–C) groups is 1. The molecule has 0 fully saturated rings. The molecule has 0 spiro atoms. The van der Waals surface area contributed by atoms with Crippen LogP contribution in [0.5, 0.6) is 11.5 Å². The Kier molecular flexibility index (Phi) is 10.1. The van der Waals surface area contributed by atoms with E-state index in [1.165, 1.54) is 0 Å². The van der Waals surface area contributed by atoms with Crippen LogP contribution >= 0.6 is 24.0 Å². The van der Waals surface area contributed by atoms with Crippen LogP contribution < -0.4 is 20.1 Å². The highest BCUT2D eigenvalue weighted by atomic mass is 127. The Morgan fingerprint density at radius 3 is 2.65 bits per heavy atom. The zero-order chi connectivity index (χ0) is 21.2. The van der Waals surface area contributed by atoms with E-state index in [-0.39, 0.29) is 24.0 Å². The first-order chi connectivity index (χ1) is 14.7. The summed E-state index contributed by atoms with van der Waals surface area (Å²) in [6, 6.07) is 14.0. The Morgan fingerprint density at radius 2 is 1.94 bits per heavy atom. The second kappa shape index (κ2) is 12.8. The van der Waals surface area contributed by atoms with Crippen LogP contribution in [0.15, 0.2) is 60.1 Å². The summed E-state index contributed by atoms with van der Waals surface area (Å²) >= 11 is 0. The molecule has 9 heteroatoms. The molecule has 2 aromatic carbocycles. The predicted molar refractivity (Wildman–Crippen MR) is 134 cm³/mol. The van der Waals surface area contributed by atoms with Gasteiger partial charge in [0.1, 0.15) is 12.7 Å². The second-order valence-corrected chi connectivity index (χ2v) is 6.53. The zero-order valence-corrected chi connectivity index (χ0v) is 20.4. The minimum Gasteiger partial charge on any atom is -0.493 e. The maximum Gasteiger partial charge on any atom is 0.196 e. The molecular formula is C22H29IN6O2. The molecule has 0 aliphatic carbocycles. The highest BCUT2D eigenvalue weighted by molar-refractivity contribution is 14.0. The fourth-order valence-electron chi connectivity index (χ4n) is 2.96. The first kappa shape index (κ1) is 24.4. The van der Waals surface area contributed by atoms with Crippen molar-refractivity contribution in [1.82, 2.24) is 20.1 Å². The summed E-state index contributed by atoms with van der Waals surface area (Å²) in [6.45, 7) is 6.54. The van der Waals surface area contributed by atoms with Gasteiger partial charge in [-0.1, -0.05) is 24.3 Å². The van der Waals surface area contributed by atoms with Crippen LogP contribution in [0.25, 0.3) is 0 Å². The van der Waals surface area contributed by atoms with Gasteiger partial charge in [-0.2, -0.15) is 5.10 Å². The molecule has 3 aromatic rings. The summed E-state index contributed by atoms with van der Waals surface area (Å²) in [6.07, 6.45) is 3.25. The molecule has 0 saturated heterocycles. The van der Waals surface area contributed by atoms with E-state index < -0.39 is 0 Å². The summed E-state index contributed by atoms with van der Waals surface area (Å²) in [5.41, 5.74) is 3.15. The molecule has 0 unspecified atom stereocenters. The Labute approximate surface area is 200 Å². The summed E-state index contributed by atoms with van der Waals surface area (Å²) in [5, 5.41) is 10.8. The highest BCUT2D eigenvalue weighted by Gasteiger charge is 2.07. The van der Waals surface area contributed by atoms with Crippen LogP contribution in [0, 0.1) is 0 Å². The van der Waals surface area contributed by atoms with Gasteiger partial charge >= 0.3 is 0 Å². The van der Waals surface area contributed by atoms with Gasteiger partial charge in [-0.05, 0) is 37.1 Å². The molecule has 0 radical (unpaired) electrons. The van der Waals surface area contributed by atoms with Crippen molar-refractivity contribution < 1.29 is 9.47 Å². The lowest BCUT2D eigenvalue weighted by atomic mass is 10.1. The van der Waals surface area contributed by atoms with Crippen molar-refractivity contribution in [2.24, 2.45) is 4.99 Å². The smallest absolute Gasteiger partial charge is 0.196 e. The van der Waals surface area contributed by atoms with Crippen LogP contribution in [0.4, 0.5) is 5.69 Å². The minimum absolute atomic E-state index is 0. The third kappa shape index (κ3) is 7.42. The van der Waals surface area contributed by atoms with Crippen LogP contribution in [0.1, 0.15) is 25.0 Å². The fourth-order valence-corrected chi connectivity index (χ4v) is 2.96. The van der Waals surface area contributed by atoms with Crippen molar-refractivity contribution in [3.63, 3.8) is 0 Å². The SMILES string of the molecule is CCNC(=NCc1cccc(Cn2cncn2)c1)Nc1ccc(OC)c(OCC)c1.I. The van der Waals surface area contributed by atoms with Crippen LogP contribution in [-0.2, 0) is 13.1 Å². The topological polar surface area (TPSA) is 85.6 Å². The van der Waals surface area contributed by atoms with E-state index in [1.807, 2.05) is 38.1 Å². The normalized spacial score (nSPS) is 10.9. The summed E-state index contributed by atoms with van der Waals surface area (Å²) in [5.74, 6) is 2.10. The average Bonchev–Trinajstić information content (AvgIpc) is 3.26. The molecule has 8 nitrogen and oxygen atoms in total. The molecule has 166 valence electrons. The zero-order valence-electron chi connectivity index (χ0n) is 18.0. The van der Waals surface area contributed by atoms with E-state index in [0.717, 1.165) is 23.4 Å². The van der Waals surface area contributed by atoms with Crippen molar-refractivity contribution in [2.45, 2.75) is 26.9 Å². The van der Waals surface area contributed by atoms with E-state index in [1.54, 1.807) is 24.4 Å². The number of halogens is 1. The van der Waals surface area contributed by atoms with E-state index >= 15 is 0 Å². The van der Waals surface area contributed by atoms with Gasteiger partial charge in [-0.25, -0.2) is 14.7 Å². The Morgan fingerprint density at radius 1 is 1.10 bits per heavy atom. The lowest BCUT2D eigenvalue weighted by Gasteiger charge is -2.14. The summed E-state index contributed by atoms with van der Waals surface area (Å²) < 4.78 is 12.8. The first-order valence-electron chi connectivity index (χ1n) is 9.98. The number of nitrogens with one attached hydrogen (secondary N) is 2. The van der Waals surface area contributed by atoms with Gasteiger partial charge in [0, 0.05) is 18.3 Å². The van der Waals surface area contributed by atoms with Crippen molar-refractivity contribution in [2.75, 3.05) is 25.6 Å². The minimum atomic E-state index is 0. The molecular weight excluding hydrogens is 507 g/mol. The molecule has 1 heterocycles.